The van der Waals surface area contributed by atoms with Gasteiger partial charge in [0, 0.05) is 38.8 Å². The summed E-state index contributed by atoms with van der Waals surface area (Å²) >= 11 is 1.55. The van der Waals surface area contributed by atoms with E-state index < -0.39 is 0 Å². The standard InChI is InChI=1S/C18H28N2O2S/c1-2-9-20(18(21)17-6-4-13-23-17)15-7-10-19(11-8-15)14-16-5-3-12-22-16/h4,6,13,15-16H,2-3,5,7-12,14H2,1H3/t16-/m0/s1. The molecule has 3 rings (SSSR count). The maximum atomic E-state index is 12.8. The third-order valence-corrected chi connectivity index (χ3v) is 5.80. The van der Waals surface area contributed by atoms with Crippen molar-refractivity contribution in [2.75, 3.05) is 32.8 Å². The van der Waals surface area contributed by atoms with E-state index in [4.69, 9.17) is 4.74 Å². The van der Waals surface area contributed by atoms with Crippen LogP contribution in [-0.2, 0) is 4.74 Å². The summed E-state index contributed by atoms with van der Waals surface area (Å²) in [6, 6.07) is 4.30. The molecule has 128 valence electrons. The molecule has 0 radical (unpaired) electrons. The first-order valence-electron chi connectivity index (χ1n) is 8.96. The molecule has 0 aliphatic carbocycles. The average Bonchev–Trinajstić information content (AvgIpc) is 3.26. The van der Waals surface area contributed by atoms with Crippen LogP contribution >= 0.6 is 11.3 Å². The molecule has 3 heterocycles. The number of piperidine rings is 1. The van der Waals surface area contributed by atoms with E-state index in [1.165, 1.54) is 12.8 Å². The topological polar surface area (TPSA) is 32.8 Å². The molecule has 1 atom stereocenters. The minimum Gasteiger partial charge on any atom is -0.377 e. The molecule has 1 amide bonds. The number of thiophene rings is 1. The second-order valence-electron chi connectivity index (χ2n) is 6.64. The maximum Gasteiger partial charge on any atom is 0.264 e. The molecule has 0 unspecified atom stereocenters. The van der Waals surface area contributed by atoms with Crippen molar-refractivity contribution in [2.45, 2.75) is 51.2 Å². The normalized spacial score (nSPS) is 23.3. The van der Waals surface area contributed by atoms with Crippen molar-refractivity contribution in [1.29, 1.82) is 0 Å². The third kappa shape index (κ3) is 4.34. The lowest BCUT2D eigenvalue weighted by Crippen LogP contribution is -2.48. The molecular weight excluding hydrogens is 308 g/mol. The minimum atomic E-state index is 0.222. The Balaban J connectivity index is 1.54. The summed E-state index contributed by atoms with van der Waals surface area (Å²) in [4.78, 5) is 18.3. The van der Waals surface area contributed by atoms with Gasteiger partial charge in [-0.3, -0.25) is 4.79 Å². The lowest BCUT2D eigenvalue weighted by atomic mass is 10.0. The number of hydrogen-bond acceptors (Lipinski definition) is 4. The molecule has 1 aromatic rings. The Hall–Kier alpha value is -0.910. The number of carbonyl (C=O) groups excluding carboxylic acids is 1. The van der Waals surface area contributed by atoms with Crippen molar-refractivity contribution >= 4 is 17.2 Å². The second-order valence-corrected chi connectivity index (χ2v) is 7.59. The summed E-state index contributed by atoms with van der Waals surface area (Å²) in [5.41, 5.74) is 0. The summed E-state index contributed by atoms with van der Waals surface area (Å²) in [6.07, 6.45) is 6.05. The van der Waals surface area contributed by atoms with Crippen LogP contribution in [-0.4, -0.2) is 60.6 Å². The smallest absolute Gasteiger partial charge is 0.264 e. The number of carbonyl (C=O) groups is 1. The summed E-state index contributed by atoms with van der Waals surface area (Å²) in [5.74, 6) is 0.222. The van der Waals surface area contributed by atoms with Gasteiger partial charge in [0.25, 0.3) is 5.91 Å². The van der Waals surface area contributed by atoms with E-state index in [0.29, 0.717) is 12.1 Å². The zero-order valence-electron chi connectivity index (χ0n) is 14.1. The molecule has 23 heavy (non-hydrogen) atoms. The second kappa shape index (κ2) is 8.27. The van der Waals surface area contributed by atoms with E-state index in [2.05, 4.69) is 16.7 Å². The maximum absolute atomic E-state index is 12.8. The Morgan fingerprint density at radius 3 is 2.83 bits per heavy atom. The molecular formula is C18H28N2O2S. The summed E-state index contributed by atoms with van der Waals surface area (Å²) in [6.45, 7) is 7.19. The monoisotopic (exact) mass is 336 g/mol. The first kappa shape index (κ1) is 16.9. The van der Waals surface area contributed by atoms with Crippen LogP contribution in [0.15, 0.2) is 17.5 Å². The van der Waals surface area contributed by atoms with E-state index >= 15 is 0 Å². The molecule has 2 fully saturated rings. The van der Waals surface area contributed by atoms with Crippen LogP contribution in [0.2, 0.25) is 0 Å². The van der Waals surface area contributed by atoms with Crippen LogP contribution in [0.25, 0.3) is 0 Å². The van der Waals surface area contributed by atoms with Crippen molar-refractivity contribution in [3.8, 4) is 0 Å². The van der Waals surface area contributed by atoms with Crippen LogP contribution in [0.1, 0.15) is 48.7 Å². The Kier molecular flexibility index (Phi) is 6.08. The highest BCUT2D eigenvalue weighted by Gasteiger charge is 2.29. The van der Waals surface area contributed by atoms with Gasteiger partial charge in [-0.1, -0.05) is 13.0 Å². The highest BCUT2D eigenvalue weighted by Crippen LogP contribution is 2.22. The number of nitrogens with zero attached hydrogens (tertiary/aromatic N) is 2. The van der Waals surface area contributed by atoms with Gasteiger partial charge in [-0.25, -0.2) is 0 Å². The van der Waals surface area contributed by atoms with Crippen LogP contribution in [0.5, 0.6) is 0 Å². The molecule has 2 aliphatic heterocycles. The van der Waals surface area contributed by atoms with Gasteiger partial charge in [-0.2, -0.15) is 0 Å². The molecule has 0 spiro atoms. The fourth-order valence-electron chi connectivity index (χ4n) is 3.72. The van der Waals surface area contributed by atoms with E-state index in [1.807, 2.05) is 17.5 Å². The number of rotatable bonds is 6. The number of amides is 1. The van der Waals surface area contributed by atoms with Gasteiger partial charge in [0.1, 0.15) is 0 Å². The van der Waals surface area contributed by atoms with Crippen molar-refractivity contribution in [2.24, 2.45) is 0 Å². The highest BCUT2D eigenvalue weighted by molar-refractivity contribution is 7.12. The Labute approximate surface area is 143 Å². The molecule has 2 saturated heterocycles. The Bertz CT molecular complexity index is 477. The van der Waals surface area contributed by atoms with Crippen molar-refractivity contribution in [3.63, 3.8) is 0 Å². The van der Waals surface area contributed by atoms with Gasteiger partial charge in [0.2, 0.25) is 0 Å². The van der Waals surface area contributed by atoms with E-state index in [-0.39, 0.29) is 5.91 Å². The first-order chi connectivity index (χ1) is 11.3. The summed E-state index contributed by atoms with van der Waals surface area (Å²) < 4.78 is 5.75. The highest BCUT2D eigenvalue weighted by atomic mass is 32.1. The molecule has 4 nitrogen and oxygen atoms in total. The van der Waals surface area contributed by atoms with E-state index in [1.54, 1.807) is 11.3 Å². The van der Waals surface area contributed by atoms with Gasteiger partial charge >= 0.3 is 0 Å². The van der Waals surface area contributed by atoms with Gasteiger partial charge in [0.05, 0.1) is 11.0 Å². The van der Waals surface area contributed by atoms with E-state index in [0.717, 1.165) is 56.9 Å². The van der Waals surface area contributed by atoms with Gasteiger partial charge in [-0.05, 0) is 43.6 Å². The number of hydrogen-bond donors (Lipinski definition) is 0. The molecule has 2 aliphatic rings. The predicted molar refractivity (Wildman–Crippen MR) is 94.1 cm³/mol. The van der Waals surface area contributed by atoms with Crippen LogP contribution in [0.3, 0.4) is 0 Å². The minimum absolute atomic E-state index is 0.222. The largest absolute Gasteiger partial charge is 0.377 e. The Morgan fingerprint density at radius 1 is 1.39 bits per heavy atom. The third-order valence-electron chi connectivity index (χ3n) is 4.94. The van der Waals surface area contributed by atoms with Crippen LogP contribution < -0.4 is 0 Å². The molecule has 5 heteroatoms. The van der Waals surface area contributed by atoms with Crippen molar-refractivity contribution in [3.05, 3.63) is 22.4 Å². The van der Waals surface area contributed by atoms with Gasteiger partial charge in [-0.15, -0.1) is 11.3 Å². The lowest BCUT2D eigenvalue weighted by molar-refractivity contribution is 0.0413. The lowest BCUT2D eigenvalue weighted by Gasteiger charge is -2.39. The quantitative estimate of drug-likeness (QED) is 0.799. The molecule has 1 aromatic heterocycles. The number of likely N-dealkylation sites (tertiary alicyclic amines) is 1. The fourth-order valence-corrected chi connectivity index (χ4v) is 4.40. The molecule has 0 N–H and O–H groups in total. The average molecular weight is 337 g/mol. The van der Waals surface area contributed by atoms with Crippen molar-refractivity contribution < 1.29 is 9.53 Å². The predicted octanol–water partition coefficient (Wildman–Crippen LogP) is 3.24. The van der Waals surface area contributed by atoms with Gasteiger partial charge < -0.3 is 14.5 Å². The van der Waals surface area contributed by atoms with Crippen molar-refractivity contribution in [1.82, 2.24) is 9.80 Å². The SMILES string of the molecule is CCCN(C(=O)c1cccs1)C1CCN(C[C@@H]2CCCO2)CC1. The summed E-state index contributed by atoms with van der Waals surface area (Å²) in [7, 11) is 0. The van der Waals surface area contributed by atoms with E-state index in [9.17, 15) is 4.79 Å². The first-order valence-corrected chi connectivity index (χ1v) is 9.84. The zero-order valence-corrected chi connectivity index (χ0v) is 14.9. The Morgan fingerprint density at radius 2 is 2.22 bits per heavy atom. The van der Waals surface area contributed by atoms with Gasteiger partial charge in [0.15, 0.2) is 0 Å². The molecule has 0 saturated carbocycles. The van der Waals surface area contributed by atoms with Crippen LogP contribution in [0, 0.1) is 0 Å². The summed E-state index contributed by atoms with van der Waals surface area (Å²) in [5, 5.41) is 1.99. The zero-order chi connectivity index (χ0) is 16.1. The molecule has 0 bridgehead atoms. The molecule has 0 aromatic carbocycles. The fraction of sp³-hybridized carbons (Fsp3) is 0.722. The van der Waals surface area contributed by atoms with Crippen LogP contribution in [0.4, 0.5) is 0 Å². The number of ether oxygens (including phenoxy) is 1.